The van der Waals surface area contributed by atoms with Crippen molar-refractivity contribution in [3.63, 3.8) is 0 Å². The molecule has 2 N–H and O–H groups in total. The van der Waals surface area contributed by atoms with Crippen LogP contribution >= 0.6 is 0 Å². The van der Waals surface area contributed by atoms with Gasteiger partial charge in [0.2, 0.25) is 5.91 Å². The summed E-state index contributed by atoms with van der Waals surface area (Å²) in [5.74, 6) is 0.775. The van der Waals surface area contributed by atoms with Gasteiger partial charge in [0.25, 0.3) is 0 Å². The van der Waals surface area contributed by atoms with Crippen molar-refractivity contribution in [2.45, 2.75) is 19.4 Å². The van der Waals surface area contributed by atoms with Crippen LogP contribution in [0.25, 0.3) is 11.1 Å². The monoisotopic (exact) mass is 458 g/mol. The lowest BCUT2D eigenvalue weighted by Crippen LogP contribution is -2.37. The SMILES string of the molecule is COc1cc(NC(=O)Nc2ccc(N3CCC(N(C)C(C)=O)C3)cc2)ccc1-c1ccccc1. The minimum absolute atomic E-state index is 0.0877. The quantitative estimate of drug-likeness (QED) is 0.541. The number of urea groups is 1. The summed E-state index contributed by atoms with van der Waals surface area (Å²) in [5, 5.41) is 5.74. The first-order chi connectivity index (χ1) is 16.4. The highest BCUT2D eigenvalue weighted by molar-refractivity contribution is 6.00. The van der Waals surface area contributed by atoms with Crippen LogP contribution in [0.1, 0.15) is 13.3 Å². The molecule has 1 aliphatic heterocycles. The normalized spacial score (nSPS) is 15.0. The molecule has 3 amide bonds. The third kappa shape index (κ3) is 5.31. The predicted octanol–water partition coefficient (Wildman–Crippen LogP) is 5.06. The van der Waals surface area contributed by atoms with Crippen molar-refractivity contribution in [1.29, 1.82) is 0 Å². The Morgan fingerprint density at radius 1 is 0.971 bits per heavy atom. The summed E-state index contributed by atoms with van der Waals surface area (Å²) >= 11 is 0. The molecule has 0 bridgehead atoms. The Labute approximate surface area is 200 Å². The van der Waals surface area contributed by atoms with E-state index in [0.29, 0.717) is 17.1 Å². The van der Waals surface area contributed by atoms with Gasteiger partial charge < -0.3 is 25.2 Å². The van der Waals surface area contributed by atoms with Gasteiger partial charge in [-0.05, 0) is 48.4 Å². The van der Waals surface area contributed by atoms with E-state index in [1.807, 2.05) is 84.7 Å². The predicted molar refractivity (Wildman–Crippen MR) is 137 cm³/mol. The first kappa shape index (κ1) is 23.2. The molecule has 7 nitrogen and oxygen atoms in total. The molecule has 1 fully saturated rings. The van der Waals surface area contributed by atoms with Crippen molar-refractivity contribution in [3.05, 3.63) is 72.8 Å². The number of nitrogens with one attached hydrogen (secondary N) is 2. The zero-order valence-electron chi connectivity index (χ0n) is 19.7. The Bertz CT molecular complexity index is 1150. The molecule has 1 aliphatic rings. The number of methoxy groups -OCH3 is 1. The fraction of sp³-hybridized carbons (Fsp3) is 0.259. The average Bonchev–Trinajstić information content (AvgIpc) is 3.34. The zero-order chi connectivity index (χ0) is 24.1. The van der Waals surface area contributed by atoms with Crippen molar-refractivity contribution >= 4 is 29.0 Å². The second-order valence-electron chi connectivity index (χ2n) is 8.43. The lowest BCUT2D eigenvalue weighted by molar-refractivity contribution is -0.129. The van der Waals surface area contributed by atoms with Crippen LogP contribution in [-0.2, 0) is 4.79 Å². The van der Waals surface area contributed by atoms with Gasteiger partial charge in [0.15, 0.2) is 0 Å². The van der Waals surface area contributed by atoms with E-state index in [1.54, 1.807) is 14.0 Å². The molecule has 1 heterocycles. The number of benzene rings is 3. The number of rotatable bonds is 6. The van der Waals surface area contributed by atoms with Crippen molar-refractivity contribution in [3.8, 4) is 16.9 Å². The highest BCUT2D eigenvalue weighted by Crippen LogP contribution is 2.32. The maximum atomic E-state index is 12.5. The summed E-state index contributed by atoms with van der Waals surface area (Å²) < 4.78 is 5.54. The summed E-state index contributed by atoms with van der Waals surface area (Å²) in [6.07, 6.45) is 0.949. The molecule has 1 atom stereocenters. The first-order valence-corrected chi connectivity index (χ1v) is 11.3. The fourth-order valence-corrected chi connectivity index (χ4v) is 4.22. The van der Waals surface area contributed by atoms with Crippen LogP contribution < -0.4 is 20.3 Å². The average molecular weight is 459 g/mol. The molecular weight excluding hydrogens is 428 g/mol. The van der Waals surface area contributed by atoms with Crippen molar-refractivity contribution < 1.29 is 14.3 Å². The van der Waals surface area contributed by atoms with Crippen LogP contribution in [0.4, 0.5) is 21.9 Å². The van der Waals surface area contributed by atoms with Crippen LogP contribution in [0, 0.1) is 0 Å². The van der Waals surface area contributed by atoms with Crippen molar-refractivity contribution in [1.82, 2.24) is 4.90 Å². The zero-order valence-corrected chi connectivity index (χ0v) is 19.7. The summed E-state index contributed by atoms with van der Waals surface area (Å²) in [7, 11) is 3.47. The number of amides is 3. The lowest BCUT2D eigenvalue weighted by atomic mass is 10.0. The summed E-state index contributed by atoms with van der Waals surface area (Å²) in [6.45, 7) is 3.31. The van der Waals surface area contributed by atoms with E-state index < -0.39 is 0 Å². The Kier molecular flexibility index (Phi) is 7.01. The molecule has 7 heteroatoms. The van der Waals surface area contributed by atoms with E-state index in [0.717, 1.165) is 36.3 Å². The smallest absolute Gasteiger partial charge is 0.323 e. The maximum absolute atomic E-state index is 12.5. The molecule has 4 rings (SSSR count). The number of nitrogens with zero attached hydrogens (tertiary/aromatic N) is 2. The van der Waals surface area contributed by atoms with E-state index in [2.05, 4.69) is 15.5 Å². The van der Waals surface area contributed by atoms with Gasteiger partial charge in [-0.15, -0.1) is 0 Å². The van der Waals surface area contributed by atoms with Crippen LogP contribution in [0.5, 0.6) is 5.75 Å². The number of carbonyl (C=O) groups excluding carboxylic acids is 2. The molecule has 0 aromatic heterocycles. The highest BCUT2D eigenvalue weighted by Gasteiger charge is 2.27. The van der Waals surface area contributed by atoms with Gasteiger partial charge >= 0.3 is 6.03 Å². The number of likely N-dealkylation sites (N-methyl/N-ethyl adjacent to an activating group) is 1. The Morgan fingerprint density at radius 3 is 2.32 bits per heavy atom. The number of ether oxygens (including phenoxy) is 1. The molecule has 1 saturated heterocycles. The fourth-order valence-electron chi connectivity index (χ4n) is 4.22. The van der Waals surface area contributed by atoms with E-state index >= 15 is 0 Å². The number of carbonyl (C=O) groups is 2. The van der Waals surface area contributed by atoms with Crippen LogP contribution in [-0.4, -0.2) is 50.1 Å². The minimum atomic E-state index is -0.327. The van der Waals surface area contributed by atoms with Crippen molar-refractivity contribution in [2.75, 3.05) is 42.8 Å². The van der Waals surface area contributed by atoms with Gasteiger partial charge in [-0.2, -0.15) is 0 Å². The molecule has 0 aliphatic carbocycles. The van der Waals surface area contributed by atoms with Crippen molar-refractivity contribution in [2.24, 2.45) is 0 Å². The third-order valence-corrected chi connectivity index (χ3v) is 6.24. The van der Waals surface area contributed by atoms with E-state index in [-0.39, 0.29) is 18.0 Å². The maximum Gasteiger partial charge on any atom is 0.323 e. The molecule has 176 valence electrons. The summed E-state index contributed by atoms with van der Waals surface area (Å²) in [6, 6.07) is 23.2. The largest absolute Gasteiger partial charge is 0.496 e. The Balaban J connectivity index is 1.36. The van der Waals surface area contributed by atoms with Gasteiger partial charge in [0.05, 0.1) is 13.2 Å². The second-order valence-corrected chi connectivity index (χ2v) is 8.43. The molecule has 34 heavy (non-hydrogen) atoms. The topological polar surface area (TPSA) is 73.9 Å². The third-order valence-electron chi connectivity index (χ3n) is 6.24. The standard InChI is InChI=1S/C27H30N4O3/c1-19(32)30(2)24-15-16-31(18-24)23-12-9-21(10-13-23)28-27(33)29-22-11-14-25(26(17-22)34-3)20-7-5-4-6-8-20/h4-14,17,24H,15-16,18H2,1-3H3,(H2,28,29,33). The highest BCUT2D eigenvalue weighted by atomic mass is 16.5. The summed E-state index contributed by atoms with van der Waals surface area (Å²) in [5.41, 5.74) is 4.43. The summed E-state index contributed by atoms with van der Waals surface area (Å²) in [4.78, 5) is 28.2. The number of hydrogen-bond acceptors (Lipinski definition) is 4. The Hall–Kier alpha value is -4.00. The minimum Gasteiger partial charge on any atom is -0.496 e. The van der Waals surface area contributed by atoms with E-state index in [9.17, 15) is 9.59 Å². The van der Waals surface area contributed by atoms with Gasteiger partial charge in [0, 0.05) is 55.8 Å². The molecule has 0 spiro atoms. The van der Waals surface area contributed by atoms with Gasteiger partial charge in [-0.1, -0.05) is 30.3 Å². The molecule has 0 saturated carbocycles. The Morgan fingerprint density at radius 2 is 1.65 bits per heavy atom. The number of hydrogen-bond donors (Lipinski definition) is 2. The van der Waals surface area contributed by atoms with E-state index in [4.69, 9.17) is 4.74 Å². The molecule has 3 aromatic rings. The molecule has 1 unspecified atom stereocenters. The molecular formula is C27H30N4O3. The lowest BCUT2D eigenvalue weighted by Gasteiger charge is -2.24. The number of anilines is 3. The van der Waals surface area contributed by atoms with E-state index in [1.165, 1.54) is 0 Å². The van der Waals surface area contributed by atoms with Gasteiger partial charge in [0.1, 0.15) is 5.75 Å². The van der Waals surface area contributed by atoms with Crippen LogP contribution in [0.15, 0.2) is 72.8 Å². The molecule has 0 radical (unpaired) electrons. The first-order valence-electron chi connectivity index (χ1n) is 11.3. The van der Waals surface area contributed by atoms with Gasteiger partial charge in [-0.3, -0.25) is 4.79 Å². The van der Waals surface area contributed by atoms with Crippen LogP contribution in [0.3, 0.4) is 0 Å². The van der Waals surface area contributed by atoms with Crippen LogP contribution in [0.2, 0.25) is 0 Å². The van der Waals surface area contributed by atoms with Gasteiger partial charge in [-0.25, -0.2) is 4.79 Å². The molecule has 3 aromatic carbocycles. The second kappa shape index (κ2) is 10.3.